The third-order valence-electron chi connectivity index (χ3n) is 3.10. The van der Waals surface area contributed by atoms with Crippen molar-refractivity contribution in [1.82, 2.24) is 15.5 Å². The molecule has 106 valence electrons. The summed E-state index contributed by atoms with van der Waals surface area (Å²) in [6.07, 6.45) is 3.53. The largest absolute Gasteiger partial charge is 0.398 e. The Labute approximate surface area is 122 Å². The summed E-state index contributed by atoms with van der Waals surface area (Å²) in [5, 5.41) is 10.2. The first-order valence-electron chi connectivity index (χ1n) is 6.40. The lowest BCUT2D eigenvalue weighted by atomic mass is 10.1. The lowest BCUT2D eigenvalue weighted by Gasteiger charge is -2.07. The highest BCUT2D eigenvalue weighted by Crippen LogP contribution is 2.17. The fraction of sp³-hybridized carbons (Fsp3) is 0.286. The molecule has 1 aromatic heterocycles. The Kier molecular flexibility index (Phi) is 4.63. The van der Waals surface area contributed by atoms with Crippen molar-refractivity contribution in [1.29, 1.82) is 0 Å². The Bertz CT molecular complexity index is 609. The molecule has 0 aliphatic heterocycles. The highest BCUT2D eigenvalue weighted by Gasteiger charge is 2.09. The van der Waals surface area contributed by atoms with Gasteiger partial charge in [-0.3, -0.25) is 9.89 Å². The van der Waals surface area contributed by atoms with Crippen LogP contribution in [0.1, 0.15) is 28.0 Å². The number of aromatic amines is 1. The van der Waals surface area contributed by atoms with Gasteiger partial charge in [0.1, 0.15) is 0 Å². The molecule has 4 N–H and O–H groups in total. The Morgan fingerprint density at radius 1 is 1.50 bits per heavy atom. The van der Waals surface area contributed by atoms with E-state index in [1.165, 1.54) is 5.56 Å². The Morgan fingerprint density at radius 2 is 2.30 bits per heavy atom. The molecule has 0 unspecified atom stereocenters. The molecule has 1 amide bonds. The van der Waals surface area contributed by atoms with Gasteiger partial charge < -0.3 is 11.1 Å². The molecule has 1 heterocycles. The minimum absolute atomic E-state index is 0.178. The number of anilines is 1. The molecule has 0 saturated carbocycles. The third kappa shape index (κ3) is 3.51. The first-order chi connectivity index (χ1) is 9.58. The molecule has 0 aliphatic carbocycles. The second kappa shape index (κ2) is 6.43. The molecule has 0 saturated heterocycles. The summed E-state index contributed by atoms with van der Waals surface area (Å²) >= 11 is 5.80. The van der Waals surface area contributed by atoms with Crippen molar-refractivity contribution in [3.63, 3.8) is 0 Å². The number of carbonyl (C=O) groups is 1. The number of hydrogen-bond donors (Lipinski definition) is 3. The van der Waals surface area contributed by atoms with Gasteiger partial charge in [0.05, 0.1) is 11.8 Å². The van der Waals surface area contributed by atoms with Crippen LogP contribution in [0.25, 0.3) is 0 Å². The van der Waals surface area contributed by atoms with Crippen LogP contribution in [0.3, 0.4) is 0 Å². The maximum atomic E-state index is 12.0. The number of amides is 1. The minimum atomic E-state index is -0.178. The van der Waals surface area contributed by atoms with Crippen LogP contribution < -0.4 is 11.1 Å². The number of nitrogen functional groups attached to an aromatic ring is 1. The highest BCUT2D eigenvalue weighted by atomic mass is 35.5. The van der Waals surface area contributed by atoms with E-state index in [-0.39, 0.29) is 5.91 Å². The van der Waals surface area contributed by atoms with Crippen molar-refractivity contribution in [2.45, 2.75) is 19.8 Å². The van der Waals surface area contributed by atoms with Crippen molar-refractivity contribution in [3.8, 4) is 0 Å². The molecule has 0 fully saturated rings. The van der Waals surface area contributed by atoms with Crippen LogP contribution in [0, 0.1) is 6.92 Å². The number of aromatic nitrogens is 2. The number of nitrogens with zero attached hydrogens (tertiary/aromatic N) is 1. The van der Waals surface area contributed by atoms with E-state index in [1.54, 1.807) is 18.2 Å². The van der Waals surface area contributed by atoms with Gasteiger partial charge in [-0.2, -0.15) is 5.10 Å². The lowest BCUT2D eigenvalue weighted by molar-refractivity contribution is 0.0954. The van der Waals surface area contributed by atoms with Crippen LogP contribution in [0.5, 0.6) is 0 Å². The zero-order valence-electron chi connectivity index (χ0n) is 11.2. The maximum absolute atomic E-state index is 12.0. The Morgan fingerprint density at radius 3 is 2.95 bits per heavy atom. The number of benzene rings is 1. The van der Waals surface area contributed by atoms with E-state index >= 15 is 0 Å². The van der Waals surface area contributed by atoms with E-state index in [0.29, 0.717) is 22.8 Å². The summed E-state index contributed by atoms with van der Waals surface area (Å²) in [6.45, 7) is 2.57. The number of aryl methyl sites for hydroxylation is 2. The monoisotopic (exact) mass is 292 g/mol. The Balaban J connectivity index is 1.82. The van der Waals surface area contributed by atoms with Crippen molar-refractivity contribution < 1.29 is 4.79 Å². The third-order valence-corrected chi connectivity index (χ3v) is 3.34. The van der Waals surface area contributed by atoms with Gasteiger partial charge in [-0.15, -0.1) is 0 Å². The molecule has 0 spiro atoms. The first kappa shape index (κ1) is 14.4. The van der Waals surface area contributed by atoms with Gasteiger partial charge in [-0.05, 0) is 43.5 Å². The highest BCUT2D eigenvalue weighted by molar-refractivity contribution is 6.31. The Hall–Kier alpha value is -2.01. The van der Waals surface area contributed by atoms with E-state index in [2.05, 4.69) is 15.5 Å². The van der Waals surface area contributed by atoms with E-state index in [0.717, 1.165) is 18.5 Å². The van der Waals surface area contributed by atoms with Crippen molar-refractivity contribution in [2.75, 3.05) is 12.3 Å². The van der Waals surface area contributed by atoms with E-state index in [9.17, 15) is 4.79 Å². The number of halogens is 1. The quantitative estimate of drug-likeness (QED) is 0.584. The average Bonchev–Trinajstić information content (AvgIpc) is 2.80. The first-order valence-corrected chi connectivity index (χ1v) is 6.78. The molecular formula is C14H17ClN4O. The van der Waals surface area contributed by atoms with Crippen LogP contribution in [0.2, 0.25) is 5.02 Å². The van der Waals surface area contributed by atoms with Gasteiger partial charge in [-0.25, -0.2) is 0 Å². The molecule has 6 heteroatoms. The lowest BCUT2D eigenvalue weighted by Crippen LogP contribution is -2.25. The maximum Gasteiger partial charge on any atom is 0.253 e. The fourth-order valence-electron chi connectivity index (χ4n) is 1.94. The van der Waals surface area contributed by atoms with Crippen LogP contribution in [-0.2, 0) is 6.42 Å². The summed E-state index contributed by atoms with van der Waals surface area (Å²) in [4.78, 5) is 12.0. The predicted molar refractivity (Wildman–Crippen MR) is 79.8 cm³/mol. The SMILES string of the molecule is Cc1[nH]ncc1CCCNC(=O)c1ccc(Cl)cc1N. The number of nitrogens with one attached hydrogen (secondary N) is 2. The zero-order chi connectivity index (χ0) is 14.5. The van der Waals surface area contributed by atoms with Gasteiger partial charge in [0.25, 0.3) is 5.91 Å². The predicted octanol–water partition coefficient (Wildman–Crippen LogP) is 2.32. The van der Waals surface area contributed by atoms with E-state index in [4.69, 9.17) is 17.3 Å². The standard InChI is InChI=1S/C14H17ClN4O/c1-9-10(8-18-19-9)3-2-6-17-14(20)12-5-4-11(15)7-13(12)16/h4-5,7-8H,2-3,6,16H2,1H3,(H,17,20)(H,18,19). The second-order valence-corrected chi connectivity index (χ2v) is 5.05. The van der Waals surface area contributed by atoms with Gasteiger partial charge in [0, 0.05) is 22.9 Å². The molecule has 0 aliphatic rings. The molecule has 5 nitrogen and oxygen atoms in total. The molecule has 1 aromatic carbocycles. The normalized spacial score (nSPS) is 10.5. The summed E-state index contributed by atoms with van der Waals surface area (Å²) < 4.78 is 0. The van der Waals surface area contributed by atoms with Gasteiger partial charge in [-0.1, -0.05) is 11.6 Å². The molecule has 2 aromatic rings. The smallest absolute Gasteiger partial charge is 0.253 e. The van der Waals surface area contributed by atoms with Crippen LogP contribution >= 0.6 is 11.6 Å². The van der Waals surface area contributed by atoms with Crippen LogP contribution in [0.15, 0.2) is 24.4 Å². The van der Waals surface area contributed by atoms with E-state index in [1.807, 2.05) is 13.1 Å². The van der Waals surface area contributed by atoms with Crippen LogP contribution in [0.4, 0.5) is 5.69 Å². The molecule has 2 rings (SSSR count). The minimum Gasteiger partial charge on any atom is -0.398 e. The number of H-pyrrole nitrogens is 1. The molecule has 0 bridgehead atoms. The number of carbonyl (C=O) groups excluding carboxylic acids is 1. The summed E-state index contributed by atoms with van der Waals surface area (Å²) in [5.74, 6) is -0.178. The summed E-state index contributed by atoms with van der Waals surface area (Å²) in [7, 11) is 0. The van der Waals surface area contributed by atoms with E-state index < -0.39 is 0 Å². The van der Waals surface area contributed by atoms with Crippen molar-refractivity contribution in [3.05, 3.63) is 46.2 Å². The molecular weight excluding hydrogens is 276 g/mol. The van der Waals surface area contributed by atoms with Gasteiger partial charge in [0.2, 0.25) is 0 Å². The van der Waals surface area contributed by atoms with Crippen molar-refractivity contribution >= 4 is 23.2 Å². The molecule has 0 radical (unpaired) electrons. The van der Waals surface area contributed by atoms with Gasteiger partial charge in [0.15, 0.2) is 0 Å². The number of nitrogens with two attached hydrogens (primary N) is 1. The number of hydrogen-bond acceptors (Lipinski definition) is 3. The second-order valence-electron chi connectivity index (χ2n) is 4.61. The summed E-state index contributed by atoms with van der Waals surface area (Å²) in [6, 6.07) is 4.86. The van der Waals surface area contributed by atoms with Gasteiger partial charge >= 0.3 is 0 Å². The topological polar surface area (TPSA) is 83.8 Å². The molecule has 20 heavy (non-hydrogen) atoms. The summed E-state index contributed by atoms with van der Waals surface area (Å²) in [5.41, 5.74) is 8.85. The zero-order valence-corrected chi connectivity index (χ0v) is 12.0. The van der Waals surface area contributed by atoms with Crippen molar-refractivity contribution in [2.24, 2.45) is 0 Å². The van der Waals surface area contributed by atoms with Crippen LogP contribution in [-0.4, -0.2) is 22.6 Å². The average molecular weight is 293 g/mol. The molecule has 0 atom stereocenters. The number of rotatable bonds is 5. The fourth-order valence-corrected chi connectivity index (χ4v) is 2.12.